The molecule has 0 fully saturated rings. The van der Waals surface area contributed by atoms with Gasteiger partial charge in [0.15, 0.2) is 17.4 Å². The summed E-state index contributed by atoms with van der Waals surface area (Å²) in [6.07, 6.45) is 0. The molecule has 0 aliphatic carbocycles. The van der Waals surface area contributed by atoms with Gasteiger partial charge in [-0.1, -0.05) is 0 Å². The molecule has 0 N–H and O–H groups in total. The Morgan fingerprint density at radius 1 is 1.11 bits per heavy atom. The Hall–Kier alpha value is 4.26. The van der Waals surface area contributed by atoms with E-state index in [2.05, 4.69) is 25.8 Å². The van der Waals surface area contributed by atoms with Crippen LogP contribution in [0.25, 0.3) is 0 Å². The average Bonchev–Trinajstić information content (AvgIpc) is 1.33. The molecule has 0 heterocycles. The van der Waals surface area contributed by atoms with Crippen LogP contribution in [-0.4, -0.2) is 63.6 Å². The molecule has 0 amide bonds. The Kier molecular flexibility index (Phi) is 58.8. The molecule has 0 saturated heterocycles. The Labute approximate surface area is 117 Å². The van der Waals surface area contributed by atoms with Crippen LogP contribution in [0.5, 0.6) is 0 Å². The number of hydrogen-bond acceptors (Lipinski definition) is 0. The van der Waals surface area contributed by atoms with Crippen molar-refractivity contribution in [3.63, 3.8) is 0 Å². The zero-order valence-electron chi connectivity index (χ0n) is 3.17. The molecule has 48 valence electrons. The second-order valence-corrected chi connectivity index (χ2v) is 14.9. The molecule has 0 unspecified atom stereocenters. The van der Waals surface area contributed by atoms with Crippen molar-refractivity contribution in [1.29, 1.82) is 0 Å². The Morgan fingerprint density at radius 2 is 1.11 bits per heavy atom. The predicted octanol–water partition coefficient (Wildman–Crippen LogP) is 1.17. The maximum atomic E-state index is 4.94. The van der Waals surface area contributed by atoms with E-state index in [9.17, 15) is 0 Å². The molecular weight excluding hydrogens is 351 g/mol. The van der Waals surface area contributed by atoms with Crippen molar-refractivity contribution in [2.75, 3.05) is 0 Å². The average molecular weight is 355 g/mol. The minimum atomic E-state index is -1.72. The number of halogens is 5. The van der Waals surface area contributed by atoms with Crippen molar-refractivity contribution in [3.8, 4) is 0 Å². The summed E-state index contributed by atoms with van der Waals surface area (Å²) in [5.41, 5.74) is 0. The van der Waals surface area contributed by atoms with Gasteiger partial charge in [-0.15, -0.1) is 0 Å². The molecule has 0 nitrogen and oxygen atoms in total. The van der Waals surface area contributed by atoms with Gasteiger partial charge in [-0.3, -0.25) is 25.8 Å². The Morgan fingerprint density at radius 3 is 1.11 bits per heavy atom. The van der Waals surface area contributed by atoms with Crippen molar-refractivity contribution >= 4 is 120 Å². The maximum absolute atomic E-state index is 4.94. The SMILES string of the molecule is [AlH3].[Br][Mg][Br].[Cl][Al]([Cl])[Cl].[LiH]. The van der Waals surface area contributed by atoms with E-state index in [1.807, 2.05) is 0 Å². The third kappa shape index (κ3) is 71.1. The Balaban J connectivity index is -0.0000000233. The van der Waals surface area contributed by atoms with Gasteiger partial charge in [0.1, 0.15) is 0 Å². The molecule has 0 aromatic rings. The molecule has 0 aromatic heterocycles. The summed E-state index contributed by atoms with van der Waals surface area (Å²) >= 11 is 4.72. The predicted molar refractivity (Wildman–Crippen MR) is 64.0 cm³/mol. The molecule has 0 aliphatic heterocycles. The van der Waals surface area contributed by atoms with Crippen LogP contribution in [0.1, 0.15) is 0 Å². The molecule has 0 aliphatic rings. The summed E-state index contributed by atoms with van der Waals surface area (Å²) in [6, 6.07) is 0. The second-order valence-electron chi connectivity index (χ2n) is 0.348. The summed E-state index contributed by atoms with van der Waals surface area (Å²) in [6.45, 7) is 0. The molecule has 0 atom stereocenters. The van der Waals surface area contributed by atoms with E-state index in [0.29, 0.717) is 0 Å². The van der Waals surface area contributed by atoms with E-state index in [1.54, 1.807) is 0 Å². The van der Waals surface area contributed by atoms with Gasteiger partial charge in [-0.2, -0.15) is 0 Å². The van der Waals surface area contributed by atoms with E-state index >= 15 is 0 Å². The summed E-state index contributed by atoms with van der Waals surface area (Å²) < 4.78 is 0. The summed E-state index contributed by atoms with van der Waals surface area (Å²) in [5, 5.41) is 0. The van der Waals surface area contributed by atoms with Gasteiger partial charge in [-0.25, -0.2) is 30.1 Å². The van der Waals surface area contributed by atoms with E-state index < -0.39 is 11.4 Å². The van der Waals surface area contributed by atoms with Crippen molar-refractivity contribution in [2.45, 2.75) is 0 Å². The monoisotopic (exact) mass is 352 g/mol. The first-order valence-electron chi connectivity index (χ1n) is 1.19. The molecule has 0 rings (SSSR count). The second kappa shape index (κ2) is 22.8. The van der Waals surface area contributed by atoms with Crippen LogP contribution in [0.3, 0.4) is 0 Å². The first-order chi connectivity index (χ1) is 3.15. The van der Waals surface area contributed by atoms with Crippen LogP contribution in [0, 0.1) is 0 Å². The minimum absolute atomic E-state index is 0. The van der Waals surface area contributed by atoms with Crippen LogP contribution in [0.15, 0.2) is 0 Å². The summed E-state index contributed by atoms with van der Waals surface area (Å²) in [7, 11) is 14.8. The molecule has 0 saturated carbocycles. The van der Waals surface area contributed by atoms with Gasteiger partial charge in [0.25, 0.3) is 0 Å². The third-order valence-electron chi connectivity index (χ3n) is 0. The van der Waals surface area contributed by atoms with Crippen LogP contribution in [-0.2, 0) is 0 Å². The van der Waals surface area contributed by atoms with Crippen molar-refractivity contribution in [2.24, 2.45) is 0 Å². The zero-order valence-corrected chi connectivity index (χ0v) is 11.2. The first kappa shape index (κ1) is 23.2. The van der Waals surface area contributed by atoms with E-state index in [0.717, 1.165) is 0 Å². The molecule has 0 radical (unpaired) electrons. The van der Waals surface area contributed by atoms with E-state index in [-0.39, 0.29) is 52.2 Å². The quantitative estimate of drug-likeness (QED) is 0.572. The van der Waals surface area contributed by atoms with Crippen LogP contribution in [0.2, 0.25) is 0 Å². The van der Waals surface area contributed by atoms with Gasteiger partial charge in [0, 0.05) is 0 Å². The van der Waals surface area contributed by atoms with Crippen molar-refractivity contribution in [1.82, 2.24) is 0 Å². The Bertz CT molecular complexity index is 31.0. The molecule has 0 spiro atoms. The third-order valence-corrected chi connectivity index (χ3v) is 0. The normalized spacial score (nSPS) is 4.11. The van der Waals surface area contributed by atoms with Gasteiger partial charge >= 0.3 is 46.3 Å². The first-order valence-corrected chi connectivity index (χ1v) is 14.2. The van der Waals surface area contributed by atoms with Gasteiger partial charge < -0.3 is 0 Å². The molecule has 0 aromatic carbocycles. The fourth-order valence-corrected chi connectivity index (χ4v) is 0. The van der Waals surface area contributed by atoms with Crippen molar-refractivity contribution < 1.29 is 0 Å². The fourth-order valence-electron chi connectivity index (χ4n) is 0. The van der Waals surface area contributed by atoms with E-state index in [4.69, 9.17) is 30.1 Å². The van der Waals surface area contributed by atoms with Crippen LogP contribution in [0.4, 0.5) is 0 Å². The summed E-state index contributed by atoms with van der Waals surface area (Å²) in [5.74, 6) is 0. The fraction of sp³-hybridized carbons (Fsp3) is 0. The zero-order chi connectivity index (χ0) is 6.28. The van der Waals surface area contributed by atoms with E-state index in [1.165, 1.54) is 0 Å². The standard InChI is InChI=1S/2Al.2BrH.3ClH.Li.Mg.4H/h;;5*1H;;;;;;/q;+3;;;;;;;+2;;;;/p-5. The van der Waals surface area contributed by atoms with Gasteiger partial charge in [0.05, 0.1) is 0 Å². The molecular formula is H4Al2Br2Cl3LiMg. The number of rotatable bonds is 0. The van der Waals surface area contributed by atoms with Crippen LogP contribution < -0.4 is 0 Å². The van der Waals surface area contributed by atoms with Crippen molar-refractivity contribution in [3.05, 3.63) is 0 Å². The molecule has 9 heteroatoms. The molecule has 0 bridgehead atoms. The van der Waals surface area contributed by atoms with Gasteiger partial charge in [0.2, 0.25) is 0 Å². The van der Waals surface area contributed by atoms with Crippen LogP contribution >= 0.6 is 55.9 Å². The number of hydrogen-bond donors (Lipinski definition) is 0. The molecule has 9 heavy (non-hydrogen) atoms. The van der Waals surface area contributed by atoms with Gasteiger partial charge in [-0.05, 0) is 0 Å². The summed E-state index contributed by atoms with van der Waals surface area (Å²) in [4.78, 5) is 0. The topological polar surface area (TPSA) is 0 Å².